The molecule has 32 heavy (non-hydrogen) atoms. The molecule has 4 aromatic rings. The van der Waals surface area contributed by atoms with E-state index >= 15 is 0 Å². The van der Waals surface area contributed by atoms with Crippen molar-refractivity contribution in [3.63, 3.8) is 0 Å². The summed E-state index contributed by atoms with van der Waals surface area (Å²) in [5.74, 6) is 1.33. The normalized spacial score (nSPS) is 10.8. The number of nitrogens with zero attached hydrogens (tertiary/aromatic N) is 4. The van der Waals surface area contributed by atoms with Gasteiger partial charge in [0.15, 0.2) is 11.4 Å². The molecule has 2 N–H and O–H groups in total. The number of rotatable bonds is 12. The molecule has 0 radical (unpaired) electrons. The zero-order valence-electron chi connectivity index (χ0n) is 17.5. The molecule has 9 heteroatoms. The highest BCUT2D eigenvalue weighted by atomic mass is 16.5. The van der Waals surface area contributed by atoms with Crippen LogP contribution in [0.4, 0.5) is 0 Å². The van der Waals surface area contributed by atoms with E-state index in [1.165, 1.54) is 0 Å². The fourth-order valence-corrected chi connectivity index (χ4v) is 3.23. The molecular formula is C23H24N6O3. The topological polar surface area (TPSA) is 119 Å². The summed E-state index contributed by atoms with van der Waals surface area (Å²) in [5, 5.41) is 21.2. The van der Waals surface area contributed by atoms with E-state index in [4.69, 9.17) is 9.47 Å². The van der Waals surface area contributed by atoms with Gasteiger partial charge in [-0.05, 0) is 49.9 Å². The van der Waals surface area contributed by atoms with Crippen LogP contribution in [0, 0.1) is 0 Å². The van der Waals surface area contributed by atoms with Crippen molar-refractivity contribution in [2.45, 2.75) is 25.7 Å². The Labute approximate surface area is 185 Å². The number of hydrogen-bond donors (Lipinski definition) is 2. The molecule has 164 valence electrons. The van der Waals surface area contributed by atoms with Crippen LogP contribution in [0.5, 0.6) is 11.5 Å². The van der Waals surface area contributed by atoms with Gasteiger partial charge in [0, 0.05) is 0 Å². The zero-order chi connectivity index (χ0) is 22.0. The first-order valence-electron chi connectivity index (χ1n) is 10.5. The van der Waals surface area contributed by atoms with Gasteiger partial charge in [-0.1, -0.05) is 46.8 Å². The monoisotopic (exact) mass is 432 g/mol. The third-order valence-electron chi connectivity index (χ3n) is 4.84. The number of nitrogens with one attached hydrogen (secondary N) is 2. The van der Waals surface area contributed by atoms with Gasteiger partial charge in [-0.15, -0.1) is 10.2 Å². The lowest BCUT2D eigenvalue weighted by molar-refractivity contribution is 0.102. The quantitative estimate of drug-likeness (QED) is 0.261. The van der Waals surface area contributed by atoms with Crippen molar-refractivity contribution in [3.05, 3.63) is 83.4 Å². The van der Waals surface area contributed by atoms with Crippen molar-refractivity contribution in [1.29, 1.82) is 0 Å². The van der Waals surface area contributed by atoms with Crippen molar-refractivity contribution in [3.8, 4) is 11.5 Å². The molecule has 0 aliphatic rings. The first-order valence-corrected chi connectivity index (χ1v) is 10.5. The Balaban J connectivity index is 1.29. The summed E-state index contributed by atoms with van der Waals surface area (Å²) < 4.78 is 11.4. The highest BCUT2D eigenvalue weighted by Crippen LogP contribution is 2.15. The first-order chi connectivity index (χ1) is 15.8. The van der Waals surface area contributed by atoms with Crippen LogP contribution in [0.15, 0.2) is 60.7 Å². The van der Waals surface area contributed by atoms with Crippen LogP contribution in [0.3, 0.4) is 0 Å². The molecule has 0 bridgehead atoms. The second-order valence-electron chi connectivity index (χ2n) is 7.14. The van der Waals surface area contributed by atoms with Gasteiger partial charge in [0.1, 0.15) is 11.5 Å². The Morgan fingerprint density at radius 1 is 0.688 bits per heavy atom. The van der Waals surface area contributed by atoms with Crippen LogP contribution in [-0.4, -0.2) is 49.8 Å². The van der Waals surface area contributed by atoms with Gasteiger partial charge >= 0.3 is 0 Å². The summed E-state index contributed by atoms with van der Waals surface area (Å²) in [4.78, 5) is 13.0. The molecule has 2 heterocycles. The summed E-state index contributed by atoms with van der Waals surface area (Å²) in [6, 6.07) is 19.2. The van der Waals surface area contributed by atoms with Gasteiger partial charge < -0.3 is 9.47 Å². The number of aromatic nitrogens is 6. The average molecular weight is 432 g/mol. The number of aryl methyl sites for hydroxylation is 2. The summed E-state index contributed by atoms with van der Waals surface area (Å²) in [5.41, 5.74) is 1.85. The Bertz CT molecular complexity index is 1020. The minimum Gasteiger partial charge on any atom is -0.494 e. The van der Waals surface area contributed by atoms with E-state index in [2.05, 4.69) is 30.8 Å². The second-order valence-corrected chi connectivity index (χ2v) is 7.14. The van der Waals surface area contributed by atoms with Crippen molar-refractivity contribution in [2.24, 2.45) is 0 Å². The van der Waals surface area contributed by atoms with Crippen molar-refractivity contribution >= 4 is 5.78 Å². The van der Waals surface area contributed by atoms with E-state index in [1.807, 2.05) is 60.7 Å². The Morgan fingerprint density at radius 3 is 1.56 bits per heavy atom. The highest BCUT2D eigenvalue weighted by molar-refractivity contribution is 6.07. The molecule has 2 aromatic heterocycles. The lowest BCUT2D eigenvalue weighted by atomic mass is 10.1. The van der Waals surface area contributed by atoms with Gasteiger partial charge in [0.2, 0.25) is 5.78 Å². The van der Waals surface area contributed by atoms with Crippen molar-refractivity contribution < 1.29 is 14.3 Å². The van der Waals surface area contributed by atoms with Crippen LogP contribution in [0.25, 0.3) is 0 Å². The number of carbonyl (C=O) groups excluding carboxylic acids is 1. The SMILES string of the molecule is O=C(c1nn[nH]c1CCCOc1ccccc1)c1nn[nH]c1CCCOc1ccccc1. The smallest absolute Gasteiger partial charge is 0.237 e. The van der Waals surface area contributed by atoms with Crippen molar-refractivity contribution in [1.82, 2.24) is 30.8 Å². The lowest BCUT2D eigenvalue weighted by Crippen LogP contribution is -2.11. The summed E-state index contributed by atoms with van der Waals surface area (Å²) in [6.45, 7) is 1.04. The molecule has 0 unspecified atom stereocenters. The number of ketones is 1. The fourth-order valence-electron chi connectivity index (χ4n) is 3.23. The number of para-hydroxylation sites is 2. The molecule has 0 atom stereocenters. The lowest BCUT2D eigenvalue weighted by Gasteiger charge is -2.06. The minimum absolute atomic E-state index is 0.264. The maximum atomic E-state index is 13.0. The van der Waals surface area contributed by atoms with E-state index < -0.39 is 0 Å². The molecule has 9 nitrogen and oxygen atoms in total. The van der Waals surface area contributed by atoms with Gasteiger partial charge in [-0.3, -0.25) is 15.0 Å². The van der Waals surface area contributed by atoms with Crippen LogP contribution < -0.4 is 9.47 Å². The molecule has 0 spiro atoms. The van der Waals surface area contributed by atoms with E-state index in [1.54, 1.807) is 0 Å². The van der Waals surface area contributed by atoms with Gasteiger partial charge in [-0.2, -0.15) is 0 Å². The summed E-state index contributed by atoms with van der Waals surface area (Å²) >= 11 is 0. The zero-order valence-corrected chi connectivity index (χ0v) is 17.5. The van der Waals surface area contributed by atoms with E-state index in [-0.39, 0.29) is 17.2 Å². The first kappa shape index (κ1) is 21.2. The molecule has 0 saturated heterocycles. The number of ether oxygens (including phenoxy) is 2. The largest absolute Gasteiger partial charge is 0.494 e. The van der Waals surface area contributed by atoms with E-state index in [0.717, 1.165) is 11.5 Å². The third-order valence-corrected chi connectivity index (χ3v) is 4.84. The molecule has 4 rings (SSSR count). The van der Waals surface area contributed by atoms with Gasteiger partial charge in [0.25, 0.3) is 0 Å². The third kappa shape index (κ3) is 5.57. The van der Waals surface area contributed by atoms with Gasteiger partial charge in [0.05, 0.1) is 24.6 Å². The fraction of sp³-hybridized carbons (Fsp3) is 0.261. The van der Waals surface area contributed by atoms with E-state index in [0.29, 0.717) is 50.3 Å². The molecule has 0 aliphatic carbocycles. The summed E-state index contributed by atoms with van der Waals surface area (Å²) in [6.07, 6.45) is 2.58. The van der Waals surface area contributed by atoms with E-state index in [9.17, 15) is 4.79 Å². The number of hydrogen-bond acceptors (Lipinski definition) is 7. The molecular weight excluding hydrogens is 408 g/mol. The predicted octanol–water partition coefficient (Wildman–Crippen LogP) is 3.18. The highest BCUT2D eigenvalue weighted by Gasteiger charge is 2.23. The minimum atomic E-state index is -0.301. The molecule has 2 aromatic carbocycles. The molecule has 0 amide bonds. The molecule has 0 aliphatic heterocycles. The average Bonchev–Trinajstić information content (AvgIpc) is 3.50. The van der Waals surface area contributed by atoms with Crippen LogP contribution in [0.2, 0.25) is 0 Å². The molecule has 0 saturated carbocycles. The molecule has 0 fully saturated rings. The number of carbonyl (C=O) groups is 1. The van der Waals surface area contributed by atoms with Crippen LogP contribution in [-0.2, 0) is 12.8 Å². The number of aromatic amines is 2. The van der Waals surface area contributed by atoms with Crippen molar-refractivity contribution in [2.75, 3.05) is 13.2 Å². The second kappa shape index (κ2) is 10.9. The standard InChI is InChI=1S/C23H24N6O3/c30-23(21-19(24-28-26-21)13-7-15-31-17-9-3-1-4-10-17)22-20(25-29-27-22)14-8-16-32-18-11-5-2-6-12-18/h1-6,9-12H,7-8,13-16H2,(H,24,26,28)(H,25,27,29). The maximum Gasteiger partial charge on any atom is 0.237 e. The number of H-pyrrole nitrogens is 2. The number of benzene rings is 2. The van der Waals surface area contributed by atoms with Gasteiger partial charge in [-0.25, -0.2) is 0 Å². The Hall–Kier alpha value is -4.01. The summed E-state index contributed by atoms with van der Waals surface area (Å²) in [7, 11) is 0. The van der Waals surface area contributed by atoms with Crippen LogP contribution >= 0.6 is 0 Å². The van der Waals surface area contributed by atoms with Crippen LogP contribution in [0.1, 0.15) is 40.4 Å². The predicted molar refractivity (Wildman–Crippen MR) is 117 cm³/mol. The maximum absolute atomic E-state index is 13.0. The Morgan fingerprint density at radius 2 is 1.12 bits per heavy atom. The Kier molecular flexibility index (Phi) is 7.20.